The van der Waals surface area contributed by atoms with Crippen molar-refractivity contribution in [2.45, 2.75) is 19.4 Å². The van der Waals surface area contributed by atoms with Gasteiger partial charge in [-0.05, 0) is 50.2 Å². The predicted octanol–water partition coefficient (Wildman–Crippen LogP) is 2.45. The number of pyridine rings is 1. The molecule has 0 saturated carbocycles. The van der Waals surface area contributed by atoms with Crippen LogP contribution in [0.5, 0.6) is 5.75 Å². The Kier molecular flexibility index (Phi) is 6.71. The smallest absolute Gasteiger partial charge is 0.232 e. The van der Waals surface area contributed by atoms with Gasteiger partial charge >= 0.3 is 0 Å². The number of aromatic nitrogens is 4. The van der Waals surface area contributed by atoms with Crippen LogP contribution in [0.2, 0.25) is 0 Å². The number of ether oxygens (including phenoxy) is 1. The molecule has 1 amide bonds. The minimum Gasteiger partial charge on any atom is -0.495 e. The van der Waals surface area contributed by atoms with E-state index in [1.165, 1.54) is 0 Å². The van der Waals surface area contributed by atoms with Crippen LogP contribution in [0.25, 0.3) is 0 Å². The predicted molar refractivity (Wildman–Crippen MR) is 121 cm³/mol. The van der Waals surface area contributed by atoms with Crippen LogP contribution in [-0.2, 0) is 11.3 Å². The van der Waals surface area contributed by atoms with Gasteiger partial charge in [0.25, 0.3) is 0 Å². The third-order valence-corrected chi connectivity index (χ3v) is 5.29. The van der Waals surface area contributed by atoms with Gasteiger partial charge in [0.1, 0.15) is 17.4 Å². The number of piperidine rings is 1. The molecule has 32 heavy (non-hydrogen) atoms. The van der Waals surface area contributed by atoms with Crippen molar-refractivity contribution in [3.8, 4) is 5.75 Å². The van der Waals surface area contributed by atoms with Crippen molar-refractivity contribution >= 4 is 29.3 Å². The molecule has 0 atom stereocenters. The van der Waals surface area contributed by atoms with E-state index in [9.17, 15) is 4.79 Å². The molecule has 0 radical (unpaired) electrons. The quantitative estimate of drug-likeness (QED) is 0.513. The summed E-state index contributed by atoms with van der Waals surface area (Å²) in [5.41, 5.74) is 6.65. The lowest BCUT2D eigenvalue weighted by molar-refractivity contribution is -0.121. The number of methoxy groups -OCH3 is 1. The van der Waals surface area contributed by atoms with Crippen molar-refractivity contribution in [2.75, 3.05) is 36.6 Å². The highest BCUT2D eigenvalue weighted by Crippen LogP contribution is 2.26. The Hall–Kier alpha value is -3.79. The average molecular weight is 435 g/mol. The molecule has 0 unspecified atom stereocenters. The molecule has 1 aliphatic heterocycles. The molecule has 1 aromatic carbocycles. The number of hydrogen-bond donors (Lipinski definition) is 3. The fraction of sp³-hybridized carbons (Fsp3) is 0.318. The SMILES string of the molecule is COc1ccccc1Nc1nc(N)nc(CN2CCC(C(=O)Nc3ccccn3)CC2)n1. The fourth-order valence-corrected chi connectivity index (χ4v) is 3.65. The van der Waals surface area contributed by atoms with Crippen molar-refractivity contribution in [1.29, 1.82) is 0 Å². The second-order valence-electron chi connectivity index (χ2n) is 7.51. The molecule has 1 saturated heterocycles. The maximum absolute atomic E-state index is 12.5. The number of nitrogens with one attached hydrogen (secondary N) is 2. The first-order chi connectivity index (χ1) is 15.6. The molecular weight excluding hydrogens is 408 g/mol. The zero-order valence-corrected chi connectivity index (χ0v) is 17.9. The summed E-state index contributed by atoms with van der Waals surface area (Å²) in [4.78, 5) is 31.8. The molecule has 4 rings (SSSR count). The highest BCUT2D eigenvalue weighted by atomic mass is 16.5. The number of nitrogen functional groups attached to an aromatic ring is 1. The number of rotatable bonds is 7. The second-order valence-corrected chi connectivity index (χ2v) is 7.51. The molecule has 166 valence electrons. The van der Waals surface area contributed by atoms with Gasteiger partial charge in [-0.1, -0.05) is 18.2 Å². The minimum absolute atomic E-state index is 0.0102. The summed E-state index contributed by atoms with van der Waals surface area (Å²) in [6.07, 6.45) is 3.17. The van der Waals surface area contributed by atoms with E-state index in [0.717, 1.165) is 31.6 Å². The zero-order valence-electron chi connectivity index (χ0n) is 17.9. The number of carbonyl (C=O) groups is 1. The van der Waals surface area contributed by atoms with Gasteiger partial charge < -0.3 is 21.1 Å². The Morgan fingerprint density at radius 3 is 2.66 bits per heavy atom. The lowest BCUT2D eigenvalue weighted by Crippen LogP contribution is -2.38. The van der Waals surface area contributed by atoms with Crippen molar-refractivity contribution in [2.24, 2.45) is 5.92 Å². The Labute approximate surface area is 186 Å². The van der Waals surface area contributed by atoms with E-state index < -0.39 is 0 Å². The van der Waals surface area contributed by atoms with Crippen molar-refractivity contribution in [3.63, 3.8) is 0 Å². The summed E-state index contributed by atoms with van der Waals surface area (Å²) < 4.78 is 5.36. The number of anilines is 4. The standard InChI is InChI=1S/C22H26N8O2/c1-32-17-7-3-2-6-16(17)25-22-28-19(27-21(23)29-22)14-30-12-9-15(10-13-30)20(31)26-18-8-4-5-11-24-18/h2-8,11,15H,9-10,12-14H2,1H3,(H,24,26,31)(H3,23,25,27,28,29). The fourth-order valence-electron chi connectivity index (χ4n) is 3.65. The Morgan fingerprint density at radius 1 is 1.12 bits per heavy atom. The number of amides is 1. The van der Waals surface area contributed by atoms with Gasteiger partial charge in [-0.2, -0.15) is 15.0 Å². The lowest BCUT2D eigenvalue weighted by Gasteiger charge is -2.30. The van der Waals surface area contributed by atoms with Crippen LogP contribution < -0.4 is 21.1 Å². The van der Waals surface area contributed by atoms with Crippen LogP contribution in [-0.4, -0.2) is 50.9 Å². The van der Waals surface area contributed by atoms with E-state index in [1.54, 1.807) is 19.4 Å². The number of carbonyl (C=O) groups excluding carboxylic acids is 1. The van der Waals surface area contributed by atoms with Crippen LogP contribution >= 0.6 is 0 Å². The summed E-state index contributed by atoms with van der Waals surface area (Å²) >= 11 is 0. The maximum atomic E-state index is 12.5. The van der Waals surface area contributed by atoms with Crippen LogP contribution in [0.4, 0.5) is 23.4 Å². The molecule has 0 aliphatic carbocycles. The molecule has 3 heterocycles. The molecule has 10 heteroatoms. The monoisotopic (exact) mass is 434 g/mol. The highest BCUT2D eigenvalue weighted by molar-refractivity contribution is 5.91. The summed E-state index contributed by atoms with van der Waals surface area (Å²) in [5.74, 6) is 2.31. The van der Waals surface area contributed by atoms with E-state index in [1.807, 2.05) is 36.4 Å². The van der Waals surface area contributed by atoms with Crippen LogP contribution in [0.3, 0.4) is 0 Å². The van der Waals surface area contributed by atoms with Gasteiger partial charge in [0, 0.05) is 12.1 Å². The first-order valence-corrected chi connectivity index (χ1v) is 10.5. The van der Waals surface area contributed by atoms with Gasteiger partial charge in [0.05, 0.1) is 19.3 Å². The summed E-state index contributed by atoms with van der Waals surface area (Å²) in [5, 5.41) is 6.03. The number of nitrogens with two attached hydrogens (primary N) is 1. The first-order valence-electron chi connectivity index (χ1n) is 10.5. The van der Waals surface area contributed by atoms with Crippen LogP contribution in [0.15, 0.2) is 48.7 Å². The van der Waals surface area contributed by atoms with E-state index in [0.29, 0.717) is 29.9 Å². The van der Waals surface area contributed by atoms with Gasteiger partial charge in [-0.25, -0.2) is 4.98 Å². The molecule has 2 aromatic heterocycles. The normalized spacial score (nSPS) is 14.7. The number of hydrogen-bond acceptors (Lipinski definition) is 9. The lowest BCUT2D eigenvalue weighted by atomic mass is 9.96. The highest BCUT2D eigenvalue weighted by Gasteiger charge is 2.26. The van der Waals surface area contributed by atoms with Gasteiger partial charge in [0.15, 0.2) is 0 Å². The van der Waals surface area contributed by atoms with Gasteiger partial charge in [-0.15, -0.1) is 0 Å². The third-order valence-electron chi connectivity index (χ3n) is 5.29. The Bertz CT molecular complexity index is 1050. The van der Waals surface area contributed by atoms with Crippen molar-refractivity contribution in [3.05, 3.63) is 54.5 Å². The number of para-hydroxylation sites is 2. The molecular formula is C22H26N8O2. The topological polar surface area (TPSA) is 131 Å². The third kappa shape index (κ3) is 5.46. The molecule has 3 aromatic rings. The molecule has 1 fully saturated rings. The van der Waals surface area contributed by atoms with Gasteiger partial charge in [-0.3, -0.25) is 9.69 Å². The zero-order chi connectivity index (χ0) is 22.3. The molecule has 10 nitrogen and oxygen atoms in total. The molecule has 0 bridgehead atoms. The maximum Gasteiger partial charge on any atom is 0.232 e. The Balaban J connectivity index is 1.34. The molecule has 1 aliphatic rings. The Morgan fingerprint density at radius 2 is 1.91 bits per heavy atom. The van der Waals surface area contributed by atoms with Crippen molar-refractivity contribution in [1.82, 2.24) is 24.8 Å². The number of nitrogens with zero attached hydrogens (tertiary/aromatic N) is 5. The largest absolute Gasteiger partial charge is 0.495 e. The van der Waals surface area contributed by atoms with Crippen LogP contribution in [0, 0.1) is 5.92 Å². The second kappa shape index (κ2) is 10.0. The summed E-state index contributed by atoms with van der Waals surface area (Å²) in [6, 6.07) is 13.0. The summed E-state index contributed by atoms with van der Waals surface area (Å²) in [7, 11) is 1.61. The summed E-state index contributed by atoms with van der Waals surface area (Å²) in [6.45, 7) is 2.06. The minimum atomic E-state index is -0.0422. The first kappa shape index (κ1) is 21.4. The van der Waals surface area contributed by atoms with Crippen molar-refractivity contribution < 1.29 is 9.53 Å². The van der Waals surface area contributed by atoms with E-state index in [2.05, 4.69) is 35.5 Å². The average Bonchev–Trinajstić information content (AvgIpc) is 2.80. The van der Waals surface area contributed by atoms with E-state index in [-0.39, 0.29) is 17.8 Å². The van der Waals surface area contributed by atoms with E-state index in [4.69, 9.17) is 10.5 Å². The van der Waals surface area contributed by atoms with Gasteiger partial charge in [0.2, 0.25) is 17.8 Å². The molecule has 0 spiro atoms. The number of likely N-dealkylation sites (tertiary alicyclic amines) is 1. The molecule has 4 N–H and O–H groups in total. The number of benzene rings is 1. The van der Waals surface area contributed by atoms with E-state index >= 15 is 0 Å². The van der Waals surface area contributed by atoms with Crippen LogP contribution in [0.1, 0.15) is 18.7 Å².